The fourth-order valence-electron chi connectivity index (χ4n) is 0.128. The molecule has 0 aliphatic rings. The lowest BCUT2D eigenvalue weighted by atomic mass is 11.1. The molecule has 0 aromatic rings. The van der Waals surface area contributed by atoms with E-state index in [0.29, 0.717) is 0 Å². The maximum atomic E-state index is 9.67. The molecule has 60 valence electrons. The lowest BCUT2D eigenvalue weighted by Gasteiger charge is -2.15. The molecule has 0 aliphatic carbocycles. The summed E-state index contributed by atoms with van der Waals surface area (Å²) < 4.78 is 32.3. The summed E-state index contributed by atoms with van der Waals surface area (Å²) in [4.78, 5) is 0. The number of nitrogens with one attached hydrogen (secondary N) is 1. The van der Waals surface area contributed by atoms with Crippen molar-refractivity contribution in [2.24, 2.45) is 11.6 Å². The molecule has 0 atom stereocenters. The van der Waals surface area contributed by atoms with Crippen molar-refractivity contribution in [3.8, 4) is 0 Å². The van der Waals surface area contributed by atoms with Gasteiger partial charge in [0, 0.05) is 0 Å². The third-order valence-electron chi connectivity index (χ3n) is 0.396. The van der Waals surface area contributed by atoms with Crippen LogP contribution in [-0.4, -0.2) is 11.1 Å². The molecule has 0 radical (unpaired) electrons. The van der Waals surface area contributed by atoms with Gasteiger partial charge in [-0.2, -0.15) is 14.0 Å². The summed E-state index contributed by atoms with van der Waals surface area (Å²) in [7, 11) is -4.68. The van der Waals surface area contributed by atoms with Gasteiger partial charge in [0.25, 0.3) is 0 Å². The van der Waals surface area contributed by atoms with E-state index in [-0.39, 0.29) is 5.17 Å². The second-order valence-corrected chi connectivity index (χ2v) is 2.05. The van der Waals surface area contributed by atoms with Gasteiger partial charge in [0.1, 0.15) is 10.2 Å². The standard InChI is InChI=1S/CH5ClN4O4/c3-1(4)6(5)10-2(7,8)9/h5H2,(H3,3,4). The Morgan fingerprint density at radius 3 is 2.00 bits per heavy atom. The van der Waals surface area contributed by atoms with Crippen molar-refractivity contribution in [2.45, 2.75) is 0 Å². The number of nitrogens with two attached hydrogens (primary N) is 2. The van der Waals surface area contributed by atoms with Crippen LogP contribution in [0.15, 0.2) is 0 Å². The second kappa shape index (κ2) is 2.96. The number of hydroxylamine groups is 1. The summed E-state index contributed by atoms with van der Waals surface area (Å²) in [6.45, 7) is 0. The molecule has 0 saturated heterocycles. The minimum absolute atomic E-state index is 0.177. The van der Waals surface area contributed by atoms with Gasteiger partial charge in [-0.1, -0.05) is 0 Å². The molecule has 5 N–H and O–H groups in total. The molecule has 0 bridgehead atoms. The maximum absolute atomic E-state index is 9.67. The maximum Gasteiger partial charge on any atom is 0.244 e. The number of hydrogen-bond donors (Lipinski definition) is 3. The Morgan fingerprint density at radius 1 is 1.50 bits per heavy atom. The van der Waals surface area contributed by atoms with Crippen molar-refractivity contribution in [2.75, 3.05) is 0 Å². The Bertz CT molecular complexity index is 132. The molecule has 0 fully saturated rings. The average molecular weight is 173 g/mol. The predicted molar refractivity (Wildman–Crippen MR) is 19.0 cm³/mol. The number of nitrogens with zero attached hydrogens (tertiary/aromatic N) is 1. The monoisotopic (exact) mass is 172 g/mol. The van der Waals surface area contributed by atoms with E-state index >= 15 is 0 Å². The molecule has 0 saturated carbocycles. The van der Waals surface area contributed by atoms with E-state index in [1.807, 2.05) is 0 Å². The second-order valence-electron chi connectivity index (χ2n) is 1.16. The zero-order chi connectivity index (χ0) is 8.36. The van der Waals surface area contributed by atoms with Crippen LogP contribution < -0.4 is 25.6 Å². The van der Waals surface area contributed by atoms with Gasteiger partial charge in [0.05, 0.1) is 0 Å². The molecule has 0 heterocycles. The first-order valence-corrected chi connectivity index (χ1v) is 3.05. The number of hydrazine groups is 1. The van der Waals surface area contributed by atoms with Gasteiger partial charge in [-0.25, -0.2) is 5.84 Å². The van der Waals surface area contributed by atoms with E-state index < -0.39 is 16.2 Å². The van der Waals surface area contributed by atoms with Gasteiger partial charge >= 0.3 is 0 Å². The van der Waals surface area contributed by atoms with Crippen LogP contribution >= 0.6 is 0 Å². The fourth-order valence-corrected chi connectivity index (χ4v) is 0.385. The number of hydrogen-bond acceptors (Lipinski definition) is 6. The van der Waals surface area contributed by atoms with Gasteiger partial charge in [-0.3, -0.25) is 5.41 Å². The average Bonchev–Trinajstić information content (AvgIpc) is 1.60. The summed E-state index contributed by atoms with van der Waals surface area (Å²) in [6.07, 6.45) is 0. The molecular formula is CH5ClN4O4. The molecule has 0 spiro atoms. The van der Waals surface area contributed by atoms with Crippen LogP contribution in [-0.2, 0) is 4.39 Å². The predicted octanol–water partition coefficient (Wildman–Crippen LogP) is -5.12. The van der Waals surface area contributed by atoms with E-state index in [9.17, 15) is 14.0 Å². The molecule has 9 heteroatoms. The van der Waals surface area contributed by atoms with E-state index in [4.69, 9.17) is 5.41 Å². The van der Waals surface area contributed by atoms with E-state index in [2.05, 4.69) is 16.0 Å². The SMILES string of the molecule is N=C(N)N(N)O[Cl+3]([O-])([O-])[O-]. The molecule has 8 nitrogen and oxygen atoms in total. The summed E-state index contributed by atoms with van der Waals surface area (Å²) >= 11 is 0. The zero-order valence-electron chi connectivity index (χ0n) is 4.61. The Morgan fingerprint density at radius 2 is 1.90 bits per heavy atom. The molecule has 0 unspecified atom stereocenters. The van der Waals surface area contributed by atoms with Crippen molar-refractivity contribution in [1.82, 2.24) is 5.17 Å². The van der Waals surface area contributed by atoms with Crippen LogP contribution in [0.5, 0.6) is 0 Å². The van der Waals surface area contributed by atoms with E-state index in [0.717, 1.165) is 0 Å². The summed E-state index contributed by atoms with van der Waals surface area (Å²) in [5.41, 5.74) is 4.59. The van der Waals surface area contributed by atoms with Gasteiger partial charge in [0.2, 0.25) is 10.3 Å². The fraction of sp³-hybridized carbons (Fsp3) is 0. The topological polar surface area (TPSA) is 158 Å². The molecule has 0 aromatic carbocycles. The minimum Gasteiger partial charge on any atom is -0.367 e. The Kier molecular flexibility index (Phi) is 2.77. The molecule has 0 rings (SSSR count). The number of halogens is 1. The van der Waals surface area contributed by atoms with Crippen LogP contribution in [0.25, 0.3) is 0 Å². The van der Waals surface area contributed by atoms with Crippen molar-refractivity contribution in [1.29, 1.82) is 5.41 Å². The van der Waals surface area contributed by atoms with Gasteiger partial charge < -0.3 is 5.73 Å². The number of rotatable bonds is 2. The smallest absolute Gasteiger partial charge is 0.244 e. The molecule has 0 amide bonds. The van der Waals surface area contributed by atoms with Crippen LogP contribution in [0.2, 0.25) is 0 Å². The third kappa shape index (κ3) is 4.26. The lowest BCUT2D eigenvalue weighted by Crippen LogP contribution is -2.65. The highest BCUT2D eigenvalue weighted by molar-refractivity contribution is 5.72. The van der Waals surface area contributed by atoms with E-state index in [1.165, 1.54) is 0 Å². The van der Waals surface area contributed by atoms with Crippen molar-refractivity contribution in [3.05, 3.63) is 0 Å². The van der Waals surface area contributed by atoms with Gasteiger partial charge in [-0.05, 0) is 5.17 Å². The van der Waals surface area contributed by atoms with Crippen molar-refractivity contribution < 1.29 is 28.6 Å². The third-order valence-corrected chi connectivity index (χ3v) is 0.714. The molecular weight excluding hydrogens is 167 g/mol. The summed E-state index contributed by atoms with van der Waals surface area (Å²) in [5.74, 6) is 3.68. The number of guanidine groups is 1. The van der Waals surface area contributed by atoms with Crippen molar-refractivity contribution in [3.63, 3.8) is 0 Å². The highest BCUT2D eigenvalue weighted by Gasteiger charge is 2.24. The highest BCUT2D eigenvalue weighted by Crippen LogP contribution is 1.88. The van der Waals surface area contributed by atoms with Gasteiger partial charge in [0.15, 0.2) is 0 Å². The van der Waals surface area contributed by atoms with Crippen LogP contribution in [0.1, 0.15) is 0 Å². The minimum atomic E-state index is -4.68. The summed E-state index contributed by atoms with van der Waals surface area (Å²) in [6, 6.07) is 0. The zero-order valence-corrected chi connectivity index (χ0v) is 5.37. The first-order valence-electron chi connectivity index (χ1n) is 1.82. The van der Waals surface area contributed by atoms with Gasteiger partial charge in [-0.15, -0.1) is 0 Å². The molecule has 0 aromatic heterocycles. The Hall–Kier alpha value is -0.640. The lowest BCUT2D eigenvalue weighted by molar-refractivity contribution is -1.92. The molecule has 0 aliphatic heterocycles. The normalized spacial score (nSPS) is 11.2. The van der Waals surface area contributed by atoms with Crippen LogP contribution in [0.3, 0.4) is 0 Å². The Balaban J connectivity index is 3.80. The van der Waals surface area contributed by atoms with Crippen molar-refractivity contribution >= 4 is 5.96 Å². The quantitative estimate of drug-likeness (QED) is 0.163. The Labute approximate surface area is 57.7 Å². The highest BCUT2D eigenvalue weighted by atomic mass is 35.7. The van der Waals surface area contributed by atoms with Crippen LogP contribution in [0.4, 0.5) is 0 Å². The van der Waals surface area contributed by atoms with Crippen LogP contribution in [0, 0.1) is 15.7 Å². The first-order chi connectivity index (χ1) is 4.33. The molecule has 10 heavy (non-hydrogen) atoms. The van der Waals surface area contributed by atoms with E-state index in [1.54, 1.807) is 0 Å². The summed E-state index contributed by atoms with van der Waals surface area (Å²) in [5, 5.41) is 6.25. The first kappa shape index (κ1) is 9.36. The largest absolute Gasteiger partial charge is 0.367 e.